The van der Waals surface area contributed by atoms with E-state index < -0.39 is 0 Å². The first-order chi connectivity index (χ1) is 9.95. The van der Waals surface area contributed by atoms with E-state index in [1.165, 1.54) is 29.9 Å². The van der Waals surface area contributed by atoms with Gasteiger partial charge in [-0.3, -0.25) is 14.9 Å². The molecule has 0 unspecified atom stereocenters. The topological polar surface area (TPSA) is 59.1 Å². The van der Waals surface area contributed by atoms with Gasteiger partial charge in [-0.15, -0.1) is 0 Å². The molecule has 0 aliphatic carbocycles. The highest BCUT2D eigenvalue weighted by Crippen LogP contribution is 2.22. The molecule has 4 nitrogen and oxygen atoms in total. The highest BCUT2D eigenvalue weighted by Gasteiger charge is 2.12. The van der Waals surface area contributed by atoms with Crippen LogP contribution in [0.3, 0.4) is 0 Å². The molecule has 0 saturated carbocycles. The van der Waals surface area contributed by atoms with Crippen LogP contribution < -0.4 is 5.32 Å². The van der Waals surface area contributed by atoms with Crippen LogP contribution in [0.5, 0.6) is 0 Å². The number of nitrogens with one attached hydrogen (secondary N) is 1. The zero-order chi connectivity index (χ0) is 15.4. The predicted molar refractivity (Wildman–Crippen MR) is 85.7 cm³/mol. The van der Waals surface area contributed by atoms with Gasteiger partial charge in [-0.05, 0) is 25.5 Å². The predicted octanol–water partition coefficient (Wildman–Crippen LogP) is 3.61. The van der Waals surface area contributed by atoms with E-state index in [9.17, 15) is 9.59 Å². The fourth-order valence-corrected chi connectivity index (χ4v) is 2.64. The zero-order valence-corrected chi connectivity index (χ0v) is 13.0. The van der Waals surface area contributed by atoms with Crippen LogP contribution >= 0.6 is 11.3 Å². The van der Waals surface area contributed by atoms with Crippen molar-refractivity contribution in [2.75, 3.05) is 5.32 Å². The van der Waals surface area contributed by atoms with Gasteiger partial charge in [-0.2, -0.15) is 0 Å². The summed E-state index contributed by atoms with van der Waals surface area (Å²) < 4.78 is 0. The molecular formula is C16H16N2O2S. The average molecular weight is 300 g/mol. The van der Waals surface area contributed by atoms with Crippen LogP contribution in [0.4, 0.5) is 5.13 Å². The van der Waals surface area contributed by atoms with Crippen LogP contribution in [0.15, 0.2) is 30.3 Å². The van der Waals surface area contributed by atoms with Crippen molar-refractivity contribution in [3.63, 3.8) is 0 Å². The lowest BCUT2D eigenvalue weighted by atomic mass is 10.1. The number of thiazole rings is 1. The summed E-state index contributed by atoms with van der Waals surface area (Å²) in [6.45, 7) is 5.26. The number of Topliss-reactive ketones (excluding diaryl/α,β-unsaturated/α-hetero) is 1. The first kappa shape index (κ1) is 15.1. The number of hydrogen-bond acceptors (Lipinski definition) is 4. The highest BCUT2D eigenvalue weighted by atomic mass is 32.1. The van der Waals surface area contributed by atoms with Gasteiger partial charge in [0, 0.05) is 13.0 Å². The van der Waals surface area contributed by atoms with E-state index >= 15 is 0 Å². The average Bonchev–Trinajstić information content (AvgIpc) is 2.79. The summed E-state index contributed by atoms with van der Waals surface area (Å²) >= 11 is 1.19. The number of benzene rings is 1. The standard InChI is InChI=1S/C16H16N2O2S/c1-10-4-6-13(7-5-10)8-9-14(20)18-16-17-11(2)15(21-16)12(3)19/h4-9H,1-3H3,(H,17,18,20). The zero-order valence-electron chi connectivity index (χ0n) is 12.1. The largest absolute Gasteiger partial charge is 0.298 e. The van der Waals surface area contributed by atoms with Gasteiger partial charge in [-0.25, -0.2) is 4.98 Å². The highest BCUT2D eigenvalue weighted by molar-refractivity contribution is 7.17. The summed E-state index contributed by atoms with van der Waals surface area (Å²) in [4.78, 5) is 27.9. The van der Waals surface area contributed by atoms with E-state index in [4.69, 9.17) is 0 Å². The Kier molecular flexibility index (Phi) is 4.65. The molecule has 1 aromatic carbocycles. The molecule has 0 radical (unpaired) electrons. The lowest BCUT2D eigenvalue weighted by Gasteiger charge is -1.96. The molecule has 2 aromatic rings. The van der Waals surface area contributed by atoms with E-state index in [1.807, 2.05) is 31.2 Å². The molecule has 1 heterocycles. The number of nitrogens with zero attached hydrogens (tertiary/aromatic N) is 1. The maximum Gasteiger partial charge on any atom is 0.250 e. The number of anilines is 1. The molecule has 1 amide bonds. The van der Waals surface area contributed by atoms with Gasteiger partial charge in [0.05, 0.1) is 10.6 Å². The Balaban J connectivity index is 2.03. The van der Waals surface area contributed by atoms with Gasteiger partial charge in [0.15, 0.2) is 10.9 Å². The molecule has 0 atom stereocenters. The molecule has 5 heteroatoms. The lowest BCUT2D eigenvalue weighted by molar-refractivity contribution is -0.111. The van der Waals surface area contributed by atoms with Gasteiger partial charge in [0.2, 0.25) is 5.91 Å². The molecule has 0 saturated heterocycles. The minimum absolute atomic E-state index is 0.0410. The lowest BCUT2D eigenvalue weighted by Crippen LogP contribution is -2.07. The van der Waals surface area contributed by atoms with Gasteiger partial charge < -0.3 is 0 Å². The third kappa shape index (κ3) is 4.10. The normalized spacial score (nSPS) is 10.8. The maximum absolute atomic E-state index is 11.8. The molecule has 0 aliphatic heterocycles. The Bertz CT molecular complexity index is 700. The SMILES string of the molecule is CC(=O)c1sc(NC(=O)C=Cc2ccc(C)cc2)nc1C. The number of hydrogen-bond donors (Lipinski definition) is 1. The monoisotopic (exact) mass is 300 g/mol. The van der Waals surface area contributed by atoms with Gasteiger partial charge in [0.25, 0.3) is 0 Å². The van der Waals surface area contributed by atoms with Crippen molar-refractivity contribution in [2.45, 2.75) is 20.8 Å². The Hall–Kier alpha value is -2.27. The van der Waals surface area contributed by atoms with E-state index in [1.54, 1.807) is 13.0 Å². The minimum atomic E-state index is -0.264. The van der Waals surface area contributed by atoms with Crippen molar-refractivity contribution in [3.05, 3.63) is 52.0 Å². The van der Waals surface area contributed by atoms with Crippen molar-refractivity contribution in [1.29, 1.82) is 0 Å². The first-order valence-corrected chi connectivity index (χ1v) is 7.31. The number of amides is 1. The second kappa shape index (κ2) is 6.45. The molecule has 0 aliphatic rings. The summed E-state index contributed by atoms with van der Waals surface area (Å²) in [7, 11) is 0. The number of rotatable bonds is 4. The van der Waals surface area contributed by atoms with Crippen molar-refractivity contribution < 1.29 is 9.59 Å². The summed E-state index contributed by atoms with van der Waals surface area (Å²) in [5.74, 6) is -0.305. The molecule has 108 valence electrons. The number of aromatic nitrogens is 1. The molecule has 21 heavy (non-hydrogen) atoms. The molecule has 0 bridgehead atoms. The quantitative estimate of drug-likeness (QED) is 0.693. The molecule has 2 rings (SSSR count). The summed E-state index contributed by atoms with van der Waals surface area (Å²) in [6, 6.07) is 7.86. The molecule has 0 spiro atoms. The smallest absolute Gasteiger partial charge is 0.250 e. The van der Waals surface area contributed by atoms with Crippen molar-refractivity contribution in [1.82, 2.24) is 4.98 Å². The number of aryl methyl sites for hydroxylation is 2. The Morgan fingerprint density at radius 3 is 2.43 bits per heavy atom. The number of ketones is 1. The van der Waals surface area contributed by atoms with Crippen LogP contribution in [0.1, 0.15) is 33.4 Å². The van der Waals surface area contributed by atoms with E-state index in [0.717, 1.165) is 5.56 Å². The fraction of sp³-hybridized carbons (Fsp3) is 0.188. The number of carbonyl (C=O) groups is 2. The second-order valence-corrected chi connectivity index (χ2v) is 5.72. The van der Waals surface area contributed by atoms with Crippen LogP contribution in [0.2, 0.25) is 0 Å². The van der Waals surface area contributed by atoms with Gasteiger partial charge >= 0.3 is 0 Å². The van der Waals surface area contributed by atoms with E-state index in [0.29, 0.717) is 15.7 Å². The van der Waals surface area contributed by atoms with E-state index in [2.05, 4.69) is 10.3 Å². The van der Waals surface area contributed by atoms with Crippen LogP contribution in [-0.2, 0) is 4.79 Å². The summed E-state index contributed by atoms with van der Waals surface area (Å²) in [5, 5.41) is 3.11. The third-order valence-corrected chi connectivity index (χ3v) is 4.02. The summed E-state index contributed by atoms with van der Waals surface area (Å²) in [6.07, 6.45) is 3.19. The molecule has 0 fully saturated rings. The Morgan fingerprint density at radius 1 is 1.19 bits per heavy atom. The molecule has 1 aromatic heterocycles. The minimum Gasteiger partial charge on any atom is -0.298 e. The second-order valence-electron chi connectivity index (χ2n) is 4.72. The first-order valence-electron chi connectivity index (χ1n) is 6.50. The maximum atomic E-state index is 11.8. The fourth-order valence-electron chi connectivity index (χ4n) is 1.77. The Morgan fingerprint density at radius 2 is 1.86 bits per heavy atom. The van der Waals surface area contributed by atoms with Crippen molar-refractivity contribution in [2.24, 2.45) is 0 Å². The molecule has 1 N–H and O–H groups in total. The van der Waals surface area contributed by atoms with Crippen LogP contribution in [-0.4, -0.2) is 16.7 Å². The summed E-state index contributed by atoms with van der Waals surface area (Å²) in [5.41, 5.74) is 2.77. The van der Waals surface area contributed by atoms with Crippen molar-refractivity contribution >= 4 is 34.2 Å². The van der Waals surface area contributed by atoms with Gasteiger partial charge in [-0.1, -0.05) is 41.2 Å². The van der Waals surface area contributed by atoms with Crippen molar-refractivity contribution in [3.8, 4) is 0 Å². The van der Waals surface area contributed by atoms with Crippen LogP contribution in [0, 0.1) is 13.8 Å². The Labute approximate surface area is 127 Å². The number of carbonyl (C=O) groups excluding carboxylic acids is 2. The third-order valence-electron chi connectivity index (χ3n) is 2.85. The van der Waals surface area contributed by atoms with Gasteiger partial charge in [0.1, 0.15) is 0 Å². The van der Waals surface area contributed by atoms with Crippen LogP contribution in [0.25, 0.3) is 6.08 Å². The molecular weight excluding hydrogens is 284 g/mol. The van der Waals surface area contributed by atoms with E-state index in [-0.39, 0.29) is 11.7 Å².